The zero-order chi connectivity index (χ0) is 22.3. The number of fused-ring (bicyclic) bond motifs is 3. The largest absolute Gasteiger partial charge is 0.506 e. The molecule has 1 saturated heterocycles. The highest BCUT2D eigenvalue weighted by atomic mass is 16.5. The van der Waals surface area contributed by atoms with E-state index in [0.29, 0.717) is 36.3 Å². The number of unbranched alkanes of at least 4 members (excludes halogenated alkanes) is 2. The molecule has 0 bridgehead atoms. The number of hydrogen-bond donors (Lipinski definition) is 1. The Labute approximate surface area is 184 Å². The summed E-state index contributed by atoms with van der Waals surface area (Å²) in [6, 6.07) is 8.04. The lowest BCUT2D eigenvalue weighted by Crippen LogP contribution is -2.32. The molecule has 0 radical (unpaired) electrons. The molecule has 5 nitrogen and oxygen atoms in total. The number of carbonyl (C=O) groups is 2. The molecule has 1 fully saturated rings. The Kier molecular flexibility index (Phi) is 5.54. The summed E-state index contributed by atoms with van der Waals surface area (Å²) in [5.41, 5.74) is 4.10. The fourth-order valence-corrected chi connectivity index (χ4v) is 4.72. The Morgan fingerprint density at radius 2 is 2.00 bits per heavy atom. The number of rotatable bonds is 5. The van der Waals surface area contributed by atoms with E-state index in [1.807, 2.05) is 45.0 Å². The second kappa shape index (κ2) is 8.03. The van der Waals surface area contributed by atoms with E-state index in [-0.39, 0.29) is 24.0 Å². The SMILES string of the molecule is CCCCCc1cc2c(c(O)c1C(=O)N1CCC(=O)C1)-c1cc(C)ccc1C(C)(C)O2. The van der Waals surface area contributed by atoms with Gasteiger partial charge in [0, 0.05) is 18.5 Å². The van der Waals surface area contributed by atoms with Crippen LogP contribution in [0.5, 0.6) is 11.5 Å². The quantitative estimate of drug-likeness (QED) is 0.679. The second-order valence-corrected chi connectivity index (χ2v) is 9.27. The van der Waals surface area contributed by atoms with Gasteiger partial charge in [-0.25, -0.2) is 0 Å². The summed E-state index contributed by atoms with van der Waals surface area (Å²) in [6.07, 6.45) is 4.09. The van der Waals surface area contributed by atoms with Crippen molar-refractivity contribution in [1.29, 1.82) is 0 Å². The lowest BCUT2D eigenvalue weighted by molar-refractivity contribution is -0.116. The minimum absolute atomic E-state index is 0.0318. The number of ketones is 1. The Bertz CT molecular complexity index is 1050. The van der Waals surface area contributed by atoms with Gasteiger partial charge in [0.25, 0.3) is 5.91 Å². The molecule has 0 spiro atoms. The van der Waals surface area contributed by atoms with Gasteiger partial charge >= 0.3 is 0 Å². The van der Waals surface area contributed by atoms with Crippen molar-refractivity contribution in [3.05, 3.63) is 46.5 Å². The van der Waals surface area contributed by atoms with E-state index in [9.17, 15) is 14.7 Å². The number of likely N-dealkylation sites (tertiary alicyclic amines) is 1. The summed E-state index contributed by atoms with van der Waals surface area (Å²) in [4.78, 5) is 26.8. The van der Waals surface area contributed by atoms with Crippen molar-refractivity contribution >= 4 is 11.7 Å². The minimum Gasteiger partial charge on any atom is -0.506 e. The third-order valence-electron chi connectivity index (χ3n) is 6.38. The number of benzene rings is 2. The van der Waals surface area contributed by atoms with Crippen molar-refractivity contribution in [1.82, 2.24) is 4.90 Å². The van der Waals surface area contributed by atoms with Gasteiger partial charge in [-0.15, -0.1) is 0 Å². The predicted molar refractivity (Wildman–Crippen MR) is 121 cm³/mol. The maximum absolute atomic E-state index is 13.4. The zero-order valence-corrected chi connectivity index (χ0v) is 18.9. The molecule has 5 heteroatoms. The summed E-state index contributed by atoms with van der Waals surface area (Å²) < 4.78 is 6.35. The molecule has 0 saturated carbocycles. The number of hydrogen-bond acceptors (Lipinski definition) is 4. The molecule has 2 aromatic carbocycles. The van der Waals surface area contributed by atoms with Crippen LogP contribution in [0, 0.1) is 6.92 Å². The summed E-state index contributed by atoms with van der Waals surface area (Å²) in [6.45, 7) is 8.71. The van der Waals surface area contributed by atoms with Crippen LogP contribution in [-0.2, 0) is 16.8 Å². The number of phenolic OH excluding ortho intramolecular Hbond substituents is 1. The van der Waals surface area contributed by atoms with Gasteiger partial charge in [-0.3, -0.25) is 9.59 Å². The normalized spacial score (nSPS) is 16.6. The first-order valence-electron chi connectivity index (χ1n) is 11.2. The Morgan fingerprint density at radius 1 is 1.23 bits per heavy atom. The Hall–Kier alpha value is -2.82. The fraction of sp³-hybridized carbons (Fsp3) is 0.462. The number of ether oxygens (including phenoxy) is 1. The number of aryl methyl sites for hydroxylation is 2. The third kappa shape index (κ3) is 3.82. The van der Waals surface area contributed by atoms with Gasteiger partial charge in [-0.1, -0.05) is 43.5 Å². The van der Waals surface area contributed by atoms with Crippen molar-refractivity contribution < 1.29 is 19.4 Å². The van der Waals surface area contributed by atoms with Crippen LogP contribution in [0.1, 0.15) is 73.5 Å². The van der Waals surface area contributed by atoms with Crippen molar-refractivity contribution in [2.45, 2.75) is 65.4 Å². The average Bonchev–Trinajstić information content (AvgIpc) is 3.13. The number of nitrogens with zero attached hydrogens (tertiary/aromatic N) is 1. The lowest BCUT2D eigenvalue weighted by atomic mass is 9.83. The topological polar surface area (TPSA) is 66.8 Å². The molecular weight excluding hydrogens is 390 g/mol. The van der Waals surface area contributed by atoms with Crippen LogP contribution in [0.4, 0.5) is 0 Å². The molecule has 1 amide bonds. The van der Waals surface area contributed by atoms with E-state index in [2.05, 4.69) is 6.92 Å². The maximum atomic E-state index is 13.4. The molecule has 1 N–H and O–H groups in total. The molecular formula is C26H31NO4. The van der Waals surface area contributed by atoms with E-state index in [1.165, 1.54) is 0 Å². The van der Waals surface area contributed by atoms with Crippen LogP contribution >= 0.6 is 0 Å². The summed E-state index contributed by atoms with van der Waals surface area (Å²) in [5, 5.41) is 11.5. The van der Waals surface area contributed by atoms with Gasteiger partial charge in [0.2, 0.25) is 0 Å². The van der Waals surface area contributed by atoms with Crippen molar-refractivity contribution in [2.24, 2.45) is 0 Å². The zero-order valence-electron chi connectivity index (χ0n) is 18.9. The van der Waals surface area contributed by atoms with Crippen LogP contribution in [0.2, 0.25) is 0 Å². The van der Waals surface area contributed by atoms with E-state index < -0.39 is 5.60 Å². The average molecular weight is 422 g/mol. The molecule has 2 aliphatic heterocycles. The lowest BCUT2D eigenvalue weighted by Gasteiger charge is -2.36. The molecule has 4 rings (SSSR count). The van der Waals surface area contributed by atoms with Gasteiger partial charge in [-0.05, 0) is 50.8 Å². The van der Waals surface area contributed by atoms with Crippen LogP contribution in [0.3, 0.4) is 0 Å². The maximum Gasteiger partial charge on any atom is 0.258 e. The van der Waals surface area contributed by atoms with Crippen LogP contribution in [0.25, 0.3) is 11.1 Å². The Balaban J connectivity index is 1.90. The van der Waals surface area contributed by atoms with Gasteiger partial charge in [0.05, 0.1) is 17.7 Å². The van der Waals surface area contributed by atoms with Gasteiger partial charge in [0.1, 0.15) is 17.1 Å². The molecule has 0 unspecified atom stereocenters. The van der Waals surface area contributed by atoms with E-state index in [1.54, 1.807) is 4.90 Å². The number of amides is 1. The predicted octanol–water partition coefficient (Wildman–Crippen LogP) is 5.14. The van der Waals surface area contributed by atoms with Crippen molar-refractivity contribution in [3.63, 3.8) is 0 Å². The number of carbonyl (C=O) groups excluding carboxylic acids is 2. The molecule has 0 atom stereocenters. The van der Waals surface area contributed by atoms with Gasteiger partial charge in [-0.2, -0.15) is 0 Å². The Morgan fingerprint density at radius 3 is 2.68 bits per heavy atom. The molecule has 164 valence electrons. The first kappa shape index (κ1) is 21.4. The molecule has 31 heavy (non-hydrogen) atoms. The van der Waals surface area contributed by atoms with Crippen molar-refractivity contribution in [3.8, 4) is 22.6 Å². The highest BCUT2D eigenvalue weighted by molar-refractivity contribution is 6.04. The summed E-state index contributed by atoms with van der Waals surface area (Å²) in [5.74, 6) is 0.373. The van der Waals surface area contributed by atoms with E-state index in [0.717, 1.165) is 41.5 Å². The summed E-state index contributed by atoms with van der Waals surface area (Å²) in [7, 11) is 0. The van der Waals surface area contributed by atoms with Crippen molar-refractivity contribution in [2.75, 3.05) is 13.1 Å². The number of phenols is 1. The number of Topliss-reactive ketones (excluding diaryl/α,β-unsaturated/α-hetero) is 1. The first-order chi connectivity index (χ1) is 14.7. The second-order valence-electron chi connectivity index (χ2n) is 9.27. The smallest absolute Gasteiger partial charge is 0.258 e. The van der Waals surface area contributed by atoms with E-state index in [4.69, 9.17) is 4.74 Å². The molecule has 2 aromatic rings. The number of aromatic hydroxyl groups is 1. The third-order valence-corrected chi connectivity index (χ3v) is 6.38. The molecule has 2 aliphatic rings. The molecule has 0 aromatic heterocycles. The first-order valence-corrected chi connectivity index (χ1v) is 11.2. The van der Waals surface area contributed by atoms with Gasteiger partial charge < -0.3 is 14.7 Å². The fourth-order valence-electron chi connectivity index (χ4n) is 4.72. The van der Waals surface area contributed by atoms with Crippen LogP contribution < -0.4 is 4.74 Å². The summed E-state index contributed by atoms with van der Waals surface area (Å²) >= 11 is 0. The van der Waals surface area contributed by atoms with Gasteiger partial charge in [0.15, 0.2) is 5.78 Å². The van der Waals surface area contributed by atoms with Crippen LogP contribution in [0.15, 0.2) is 24.3 Å². The standard InChI is InChI=1S/C26H31NO4/c1-5-6-7-8-17-14-21-23(19-13-16(2)9-10-20(19)26(3,4)31-21)24(29)22(17)25(30)27-12-11-18(28)15-27/h9-10,13-14,29H,5-8,11-12,15H2,1-4H3. The highest BCUT2D eigenvalue weighted by Gasteiger charge is 2.37. The monoisotopic (exact) mass is 421 g/mol. The van der Waals surface area contributed by atoms with Crippen LogP contribution in [-0.4, -0.2) is 34.8 Å². The molecule has 2 heterocycles. The minimum atomic E-state index is -0.546. The molecule has 0 aliphatic carbocycles. The highest BCUT2D eigenvalue weighted by Crippen LogP contribution is 2.51. The van der Waals surface area contributed by atoms with E-state index >= 15 is 0 Å².